The van der Waals surface area contributed by atoms with Crippen molar-refractivity contribution in [2.24, 2.45) is 0 Å². The van der Waals surface area contributed by atoms with Gasteiger partial charge in [-0.2, -0.15) is 0 Å². The quantitative estimate of drug-likeness (QED) is 0.216. The molecule has 6 aromatic carbocycles. The molecule has 3 nitrogen and oxygen atoms in total. The summed E-state index contributed by atoms with van der Waals surface area (Å²) < 4.78 is 5.14. The molecule has 4 heteroatoms. The van der Waals surface area contributed by atoms with Crippen molar-refractivity contribution in [1.82, 2.24) is 15.2 Å². The predicted molar refractivity (Wildman–Crippen MR) is 187 cm³/mol. The lowest BCUT2D eigenvalue weighted by molar-refractivity contribution is 0.351. The van der Waals surface area contributed by atoms with Crippen LogP contribution in [0.15, 0.2) is 152 Å². The smallest absolute Gasteiger partial charge is 0.160 e. The molecule has 44 heavy (non-hydrogen) atoms. The van der Waals surface area contributed by atoms with Crippen molar-refractivity contribution in [2.45, 2.75) is 12.3 Å². The molecule has 210 valence electrons. The van der Waals surface area contributed by atoms with Crippen LogP contribution in [-0.4, -0.2) is 4.57 Å². The zero-order valence-electron chi connectivity index (χ0n) is 23.9. The minimum absolute atomic E-state index is 0.0375. The molecule has 1 aliphatic rings. The lowest BCUT2D eigenvalue weighted by Gasteiger charge is -2.34. The van der Waals surface area contributed by atoms with Crippen LogP contribution >= 0.6 is 11.3 Å². The summed E-state index contributed by atoms with van der Waals surface area (Å²) in [4.78, 5) is 0. The van der Waals surface area contributed by atoms with Crippen LogP contribution in [-0.2, 0) is 0 Å². The van der Waals surface area contributed by atoms with Crippen LogP contribution in [0.2, 0.25) is 0 Å². The van der Waals surface area contributed by atoms with Crippen molar-refractivity contribution in [1.29, 1.82) is 0 Å². The number of aromatic nitrogens is 1. The highest BCUT2D eigenvalue weighted by Crippen LogP contribution is 2.44. The van der Waals surface area contributed by atoms with Gasteiger partial charge in [-0.05, 0) is 46.5 Å². The Kier molecular flexibility index (Phi) is 5.90. The van der Waals surface area contributed by atoms with Crippen LogP contribution in [0.1, 0.15) is 23.5 Å². The fraction of sp³-hybridized carbons (Fsp3) is 0.0500. The summed E-state index contributed by atoms with van der Waals surface area (Å²) in [6, 6.07) is 52.5. The first-order chi connectivity index (χ1) is 21.8. The van der Waals surface area contributed by atoms with Gasteiger partial charge in [0, 0.05) is 36.6 Å². The molecule has 2 aromatic heterocycles. The molecular weight excluding hydrogens is 555 g/mol. The highest BCUT2D eigenvalue weighted by Gasteiger charge is 2.28. The number of hydrogen-bond donors (Lipinski definition) is 2. The van der Waals surface area contributed by atoms with E-state index in [1.807, 2.05) is 11.3 Å². The van der Waals surface area contributed by atoms with Gasteiger partial charge in [0.25, 0.3) is 0 Å². The molecule has 0 saturated carbocycles. The van der Waals surface area contributed by atoms with Crippen molar-refractivity contribution >= 4 is 59.0 Å². The summed E-state index contributed by atoms with van der Waals surface area (Å²) in [7, 11) is 0. The number of hydrogen-bond acceptors (Lipinski definition) is 3. The zero-order valence-corrected chi connectivity index (χ0v) is 24.8. The normalized spacial score (nSPS) is 16.9. The molecule has 0 amide bonds. The molecule has 0 saturated heterocycles. The van der Waals surface area contributed by atoms with Crippen LogP contribution in [0.3, 0.4) is 0 Å². The van der Waals surface area contributed by atoms with Crippen LogP contribution in [0.4, 0.5) is 0 Å². The van der Waals surface area contributed by atoms with E-state index in [0.29, 0.717) is 0 Å². The van der Waals surface area contributed by atoms with Gasteiger partial charge in [0.15, 0.2) is 6.29 Å². The van der Waals surface area contributed by atoms with E-state index in [4.69, 9.17) is 0 Å². The van der Waals surface area contributed by atoms with Crippen molar-refractivity contribution in [3.8, 4) is 11.1 Å². The fourth-order valence-electron chi connectivity index (χ4n) is 6.81. The summed E-state index contributed by atoms with van der Waals surface area (Å²) in [6.07, 6.45) is 2.13. The standard InChI is InChI=1S/C40H29N3S/c1-4-12-26(13-5-1)29-20-21-32-36(24-29)43(35-23-22-31-30-18-10-11-19-37(30)44-39(31)38(32)35)40-41-33(27-14-6-2-7-15-27)25-34(42-40)28-16-8-3-9-17-28/h1-25,33,40-42H. The minimum atomic E-state index is -0.182. The topological polar surface area (TPSA) is 29.0 Å². The molecule has 2 N–H and O–H groups in total. The van der Waals surface area contributed by atoms with Gasteiger partial charge in [0.05, 0.1) is 17.1 Å². The summed E-state index contributed by atoms with van der Waals surface area (Å²) in [5.74, 6) is 0. The lowest BCUT2D eigenvalue weighted by atomic mass is 10.0. The van der Waals surface area contributed by atoms with E-state index in [9.17, 15) is 0 Å². The molecule has 2 unspecified atom stereocenters. The highest BCUT2D eigenvalue weighted by atomic mass is 32.1. The molecule has 0 spiro atoms. The molecule has 2 atom stereocenters. The maximum atomic E-state index is 3.97. The largest absolute Gasteiger partial charge is 0.352 e. The number of nitrogens with one attached hydrogen (secondary N) is 2. The zero-order chi connectivity index (χ0) is 29.0. The fourth-order valence-corrected chi connectivity index (χ4v) is 8.07. The van der Waals surface area contributed by atoms with E-state index in [1.165, 1.54) is 64.2 Å². The first-order valence-electron chi connectivity index (χ1n) is 15.1. The van der Waals surface area contributed by atoms with E-state index in [-0.39, 0.29) is 12.3 Å². The molecule has 0 bridgehead atoms. The SMILES string of the molecule is C1=C(c2ccccc2)NC(n2c3cc(-c4ccccc4)ccc3c3c4sc5ccccc5c4ccc32)NC1c1ccccc1. The number of fused-ring (bicyclic) bond motifs is 7. The molecule has 0 radical (unpaired) electrons. The maximum Gasteiger partial charge on any atom is 0.160 e. The second kappa shape index (κ2) is 10.2. The number of rotatable bonds is 4. The molecular formula is C40H29N3S. The Balaban J connectivity index is 1.32. The van der Waals surface area contributed by atoms with Gasteiger partial charge in [-0.1, -0.05) is 127 Å². The second-order valence-electron chi connectivity index (χ2n) is 11.5. The Bertz CT molecular complexity index is 2330. The van der Waals surface area contributed by atoms with E-state index in [2.05, 4.69) is 167 Å². The monoisotopic (exact) mass is 583 g/mol. The van der Waals surface area contributed by atoms with Crippen LogP contribution in [0, 0.1) is 0 Å². The van der Waals surface area contributed by atoms with Crippen molar-refractivity contribution in [3.05, 3.63) is 163 Å². The number of benzene rings is 6. The summed E-state index contributed by atoms with van der Waals surface area (Å²) in [6.45, 7) is 0. The Morgan fingerprint density at radius 2 is 1.23 bits per heavy atom. The summed E-state index contributed by atoms with van der Waals surface area (Å²) in [5, 5.41) is 13.1. The number of thiophene rings is 1. The first-order valence-corrected chi connectivity index (χ1v) is 15.9. The van der Waals surface area contributed by atoms with Crippen molar-refractivity contribution < 1.29 is 0 Å². The lowest BCUT2D eigenvalue weighted by Crippen LogP contribution is -2.43. The third-order valence-corrected chi connectivity index (χ3v) is 10.1. The molecule has 1 aliphatic heterocycles. The Morgan fingerprint density at radius 3 is 2.02 bits per heavy atom. The van der Waals surface area contributed by atoms with Gasteiger partial charge in [0.2, 0.25) is 0 Å². The number of nitrogens with zero attached hydrogens (tertiary/aromatic N) is 1. The molecule has 0 aliphatic carbocycles. The molecule has 8 aromatic rings. The Labute approximate surface area is 259 Å². The van der Waals surface area contributed by atoms with Gasteiger partial charge in [0.1, 0.15) is 0 Å². The van der Waals surface area contributed by atoms with Crippen LogP contribution in [0.5, 0.6) is 0 Å². The third kappa shape index (κ3) is 4.07. The Morgan fingerprint density at radius 1 is 0.545 bits per heavy atom. The average molecular weight is 584 g/mol. The van der Waals surface area contributed by atoms with Gasteiger partial charge in [-0.25, -0.2) is 0 Å². The van der Waals surface area contributed by atoms with E-state index in [1.54, 1.807) is 0 Å². The molecule has 9 rings (SSSR count). The minimum Gasteiger partial charge on any atom is -0.352 e. The average Bonchev–Trinajstić information content (AvgIpc) is 3.64. The summed E-state index contributed by atoms with van der Waals surface area (Å²) >= 11 is 1.90. The van der Waals surface area contributed by atoms with Crippen LogP contribution in [0.25, 0.3) is 58.8 Å². The van der Waals surface area contributed by atoms with Gasteiger partial charge >= 0.3 is 0 Å². The van der Waals surface area contributed by atoms with Crippen LogP contribution < -0.4 is 10.6 Å². The molecule has 0 fully saturated rings. The Hall–Kier alpha value is -5.16. The maximum absolute atomic E-state index is 3.97. The van der Waals surface area contributed by atoms with Gasteiger partial charge in [-0.3, -0.25) is 5.32 Å². The second-order valence-corrected chi connectivity index (χ2v) is 12.5. The predicted octanol–water partition coefficient (Wildman–Crippen LogP) is 10.3. The highest BCUT2D eigenvalue weighted by molar-refractivity contribution is 7.26. The van der Waals surface area contributed by atoms with E-state index < -0.39 is 0 Å². The van der Waals surface area contributed by atoms with Crippen molar-refractivity contribution in [3.63, 3.8) is 0 Å². The third-order valence-electron chi connectivity index (χ3n) is 8.88. The summed E-state index contributed by atoms with van der Waals surface area (Å²) in [5.41, 5.74) is 8.40. The van der Waals surface area contributed by atoms with E-state index >= 15 is 0 Å². The van der Waals surface area contributed by atoms with Gasteiger partial charge in [-0.15, -0.1) is 11.3 Å². The molecule has 3 heterocycles. The first kappa shape index (κ1) is 25.3. The van der Waals surface area contributed by atoms with Gasteiger partial charge < -0.3 is 9.88 Å². The van der Waals surface area contributed by atoms with Crippen molar-refractivity contribution in [2.75, 3.05) is 0 Å². The van der Waals surface area contributed by atoms with E-state index in [0.717, 1.165) is 5.70 Å².